The lowest BCUT2D eigenvalue weighted by atomic mass is 10.1. The zero-order chi connectivity index (χ0) is 23.2. The van der Waals surface area contributed by atoms with Gasteiger partial charge in [-0.25, -0.2) is 13.4 Å². The maximum Gasteiger partial charge on any atom is 0.240 e. The first-order chi connectivity index (χ1) is 15.7. The molecule has 33 heavy (non-hydrogen) atoms. The molecule has 1 fully saturated rings. The van der Waals surface area contributed by atoms with Gasteiger partial charge in [-0.1, -0.05) is 6.07 Å². The fraction of sp³-hybridized carbons (Fsp3) is 0.565. The Bertz CT molecular complexity index is 1160. The van der Waals surface area contributed by atoms with Crippen molar-refractivity contribution in [2.45, 2.75) is 64.0 Å². The number of ether oxygens (including phenoxy) is 1. The fourth-order valence-electron chi connectivity index (χ4n) is 4.51. The molecule has 1 saturated heterocycles. The Labute approximate surface area is 195 Å². The molecule has 0 bridgehead atoms. The number of anilines is 4. The SMILES string of the molecule is CC(C)(C)S(=O)(=O)N1CCc2ccc(Nc3nc(NC4CCNCC4)nc4c3COC4)cc21. The minimum atomic E-state index is -3.47. The summed E-state index contributed by atoms with van der Waals surface area (Å²) in [6.45, 7) is 8.59. The molecule has 3 aliphatic heterocycles. The maximum absolute atomic E-state index is 13.1. The third-order valence-electron chi connectivity index (χ3n) is 6.52. The van der Waals surface area contributed by atoms with Crippen molar-refractivity contribution in [3.8, 4) is 0 Å². The van der Waals surface area contributed by atoms with Gasteiger partial charge in [-0.15, -0.1) is 0 Å². The predicted octanol–water partition coefficient (Wildman–Crippen LogP) is 2.91. The van der Waals surface area contributed by atoms with E-state index in [1.165, 1.54) is 0 Å². The van der Waals surface area contributed by atoms with Gasteiger partial charge in [0.1, 0.15) is 5.82 Å². The van der Waals surface area contributed by atoms with Crippen molar-refractivity contribution in [1.82, 2.24) is 15.3 Å². The molecule has 3 aliphatic rings. The van der Waals surface area contributed by atoms with Crippen LogP contribution in [-0.2, 0) is 34.4 Å². The summed E-state index contributed by atoms with van der Waals surface area (Å²) in [5.74, 6) is 1.31. The fourth-order valence-corrected chi connectivity index (χ4v) is 5.93. The van der Waals surface area contributed by atoms with Crippen LogP contribution in [0.25, 0.3) is 0 Å². The average molecular weight is 473 g/mol. The highest BCUT2D eigenvalue weighted by Gasteiger charge is 2.38. The molecular weight excluding hydrogens is 440 g/mol. The first-order valence-electron chi connectivity index (χ1n) is 11.6. The maximum atomic E-state index is 13.1. The first-order valence-corrected chi connectivity index (χ1v) is 13.0. The number of piperidine rings is 1. The zero-order valence-electron chi connectivity index (χ0n) is 19.4. The highest BCUT2D eigenvalue weighted by atomic mass is 32.2. The van der Waals surface area contributed by atoms with E-state index in [1.807, 2.05) is 18.2 Å². The Morgan fingerprint density at radius 3 is 2.70 bits per heavy atom. The number of hydrogen-bond acceptors (Lipinski definition) is 8. The third kappa shape index (κ3) is 4.27. The number of benzene rings is 1. The molecule has 0 saturated carbocycles. The summed E-state index contributed by atoms with van der Waals surface area (Å²) in [5.41, 5.74) is 4.42. The van der Waals surface area contributed by atoms with Crippen LogP contribution in [0.3, 0.4) is 0 Å². The quantitative estimate of drug-likeness (QED) is 0.610. The molecule has 5 rings (SSSR count). The van der Waals surface area contributed by atoms with E-state index in [2.05, 4.69) is 20.9 Å². The van der Waals surface area contributed by atoms with Crippen LogP contribution >= 0.6 is 0 Å². The van der Waals surface area contributed by atoms with E-state index >= 15 is 0 Å². The molecule has 4 heterocycles. The Morgan fingerprint density at radius 1 is 1.15 bits per heavy atom. The summed E-state index contributed by atoms with van der Waals surface area (Å²) in [4.78, 5) is 9.45. The van der Waals surface area contributed by atoms with Gasteiger partial charge in [0.05, 0.1) is 29.3 Å². The summed E-state index contributed by atoms with van der Waals surface area (Å²) in [5, 5.41) is 10.3. The van der Waals surface area contributed by atoms with Gasteiger partial charge in [0.2, 0.25) is 16.0 Å². The summed E-state index contributed by atoms with van der Waals surface area (Å²) in [7, 11) is -3.47. The predicted molar refractivity (Wildman–Crippen MR) is 129 cm³/mol. The molecule has 9 nitrogen and oxygen atoms in total. The van der Waals surface area contributed by atoms with Crippen LogP contribution in [0.5, 0.6) is 0 Å². The van der Waals surface area contributed by atoms with Crippen LogP contribution in [0.15, 0.2) is 18.2 Å². The summed E-state index contributed by atoms with van der Waals surface area (Å²) >= 11 is 0. The molecule has 2 aromatic rings. The lowest BCUT2D eigenvalue weighted by molar-refractivity contribution is 0.133. The van der Waals surface area contributed by atoms with Gasteiger partial charge in [-0.05, 0) is 70.8 Å². The normalized spacial score (nSPS) is 18.8. The highest BCUT2D eigenvalue weighted by Crippen LogP contribution is 2.37. The van der Waals surface area contributed by atoms with Crippen LogP contribution in [0.4, 0.5) is 23.1 Å². The molecular formula is C23H32N6O3S. The lowest BCUT2D eigenvalue weighted by Crippen LogP contribution is -2.42. The summed E-state index contributed by atoms with van der Waals surface area (Å²) < 4.78 is 32.6. The molecule has 178 valence electrons. The molecule has 0 radical (unpaired) electrons. The number of hydrogen-bond donors (Lipinski definition) is 3. The largest absolute Gasteiger partial charge is 0.370 e. The topological polar surface area (TPSA) is 108 Å². The number of aromatic nitrogens is 2. The van der Waals surface area contributed by atoms with Crippen molar-refractivity contribution in [1.29, 1.82) is 0 Å². The second kappa shape index (κ2) is 8.41. The van der Waals surface area contributed by atoms with Crippen molar-refractivity contribution >= 4 is 33.2 Å². The number of nitrogens with zero attached hydrogens (tertiary/aromatic N) is 3. The van der Waals surface area contributed by atoms with Gasteiger partial charge in [0.15, 0.2) is 0 Å². The Morgan fingerprint density at radius 2 is 1.94 bits per heavy atom. The number of nitrogens with one attached hydrogen (secondary N) is 3. The number of fused-ring (bicyclic) bond motifs is 2. The van der Waals surface area contributed by atoms with Gasteiger partial charge in [0, 0.05) is 23.8 Å². The van der Waals surface area contributed by atoms with Crippen molar-refractivity contribution in [2.75, 3.05) is 34.6 Å². The molecule has 3 N–H and O–H groups in total. The summed E-state index contributed by atoms with van der Waals surface area (Å²) in [6, 6.07) is 6.24. The Balaban J connectivity index is 1.44. The molecule has 0 aliphatic carbocycles. The molecule has 0 atom stereocenters. The molecule has 1 aromatic carbocycles. The molecule has 0 unspecified atom stereocenters. The molecule has 0 amide bonds. The van der Waals surface area contributed by atoms with Crippen molar-refractivity contribution in [3.63, 3.8) is 0 Å². The van der Waals surface area contributed by atoms with Crippen molar-refractivity contribution in [2.24, 2.45) is 0 Å². The Kier molecular flexibility index (Phi) is 5.70. The van der Waals surface area contributed by atoms with Crippen LogP contribution in [0, 0.1) is 0 Å². The van der Waals surface area contributed by atoms with Crippen molar-refractivity contribution < 1.29 is 13.2 Å². The van der Waals surface area contributed by atoms with Gasteiger partial charge in [0.25, 0.3) is 0 Å². The molecule has 10 heteroatoms. The van der Waals surface area contributed by atoms with Crippen LogP contribution in [0.2, 0.25) is 0 Å². The lowest BCUT2D eigenvalue weighted by Gasteiger charge is -2.28. The standard InChI is InChI=1S/C23H32N6O3S/c1-23(2,3)33(30,31)29-11-8-15-4-5-17(12-20(15)29)25-21-18-13-32-14-19(18)27-22(28-21)26-16-6-9-24-10-7-16/h4-5,12,16,24H,6-11,13-14H2,1-3H3,(H2,25,26,27,28). The summed E-state index contributed by atoms with van der Waals surface area (Å²) in [6.07, 6.45) is 2.78. The van der Waals surface area contributed by atoms with E-state index in [0.29, 0.717) is 44.0 Å². The smallest absolute Gasteiger partial charge is 0.240 e. The van der Waals surface area contributed by atoms with Crippen molar-refractivity contribution in [3.05, 3.63) is 35.0 Å². The van der Waals surface area contributed by atoms with E-state index in [-0.39, 0.29) is 0 Å². The average Bonchev–Trinajstić information content (AvgIpc) is 3.40. The second-order valence-corrected chi connectivity index (χ2v) is 12.5. The van der Waals surface area contributed by atoms with E-state index in [9.17, 15) is 8.42 Å². The van der Waals surface area contributed by atoms with E-state index in [1.54, 1.807) is 25.1 Å². The number of sulfonamides is 1. The van der Waals surface area contributed by atoms with Gasteiger partial charge in [-0.3, -0.25) is 4.31 Å². The van der Waals surface area contributed by atoms with E-state index in [0.717, 1.165) is 54.1 Å². The number of rotatable bonds is 5. The van der Waals surface area contributed by atoms with Crippen LogP contribution in [-0.4, -0.2) is 48.8 Å². The van der Waals surface area contributed by atoms with Gasteiger partial charge < -0.3 is 20.7 Å². The zero-order valence-corrected chi connectivity index (χ0v) is 20.3. The Hall–Kier alpha value is -2.43. The molecule has 0 spiro atoms. The van der Waals surface area contributed by atoms with E-state index < -0.39 is 14.8 Å². The first kappa shape index (κ1) is 22.4. The third-order valence-corrected chi connectivity index (χ3v) is 9.02. The highest BCUT2D eigenvalue weighted by molar-refractivity contribution is 7.94. The minimum Gasteiger partial charge on any atom is -0.370 e. The van der Waals surface area contributed by atoms with Gasteiger partial charge >= 0.3 is 0 Å². The van der Waals surface area contributed by atoms with E-state index in [4.69, 9.17) is 9.72 Å². The van der Waals surface area contributed by atoms with Crippen LogP contribution < -0.4 is 20.3 Å². The van der Waals surface area contributed by atoms with Crippen LogP contribution in [0.1, 0.15) is 50.4 Å². The second-order valence-electron chi connectivity index (χ2n) is 9.89. The minimum absolute atomic E-state index is 0.343. The monoisotopic (exact) mass is 472 g/mol. The van der Waals surface area contributed by atoms with Gasteiger partial charge in [-0.2, -0.15) is 4.98 Å². The molecule has 1 aromatic heterocycles.